The lowest BCUT2D eigenvalue weighted by Crippen LogP contribution is -2.48. The summed E-state index contributed by atoms with van der Waals surface area (Å²) in [6.45, 7) is 8.71. The Labute approximate surface area is 122 Å². The van der Waals surface area contributed by atoms with Crippen LogP contribution in [0.4, 0.5) is 0 Å². The first-order valence-corrected chi connectivity index (χ1v) is 8.01. The molecule has 3 atom stereocenters. The van der Waals surface area contributed by atoms with Crippen LogP contribution in [0.5, 0.6) is 0 Å². The third-order valence-corrected chi connectivity index (χ3v) is 5.17. The molecular formula is C16H29NO3. The van der Waals surface area contributed by atoms with Crippen LogP contribution in [0, 0.1) is 11.3 Å². The number of carbonyl (C=O) groups is 1. The second-order valence-electron chi connectivity index (χ2n) is 7.13. The SMILES string of the molecule is CCN(C1CCCC(C)(C)CC1)C1COCC1C(=O)O. The van der Waals surface area contributed by atoms with Gasteiger partial charge >= 0.3 is 5.97 Å². The molecule has 1 aliphatic carbocycles. The van der Waals surface area contributed by atoms with Crippen LogP contribution in [0.15, 0.2) is 0 Å². The summed E-state index contributed by atoms with van der Waals surface area (Å²) in [5.41, 5.74) is 0.437. The van der Waals surface area contributed by atoms with E-state index < -0.39 is 5.97 Å². The third-order valence-electron chi connectivity index (χ3n) is 5.17. The first-order chi connectivity index (χ1) is 9.44. The van der Waals surface area contributed by atoms with Gasteiger partial charge in [0.25, 0.3) is 0 Å². The smallest absolute Gasteiger partial charge is 0.310 e. The highest BCUT2D eigenvalue weighted by atomic mass is 16.5. The van der Waals surface area contributed by atoms with Gasteiger partial charge in [0.2, 0.25) is 0 Å². The van der Waals surface area contributed by atoms with Crippen LogP contribution < -0.4 is 0 Å². The van der Waals surface area contributed by atoms with Crippen LogP contribution >= 0.6 is 0 Å². The fourth-order valence-corrected chi connectivity index (χ4v) is 3.84. The van der Waals surface area contributed by atoms with Crippen LogP contribution in [-0.4, -0.2) is 47.8 Å². The highest BCUT2D eigenvalue weighted by molar-refractivity contribution is 5.71. The molecule has 0 amide bonds. The first kappa shape index (κ1) is 15.8. The minimum Gasteiger partial charge on any atom is -0.481 e. The van der Waals surface area contributed by atoms with Crippen molar-refractivity contribution < 1.29 is 14.6 Å². The zero-order chi connectivity index (χ0) is 14.8. The summed E-state index contributed by atoms with van der Waals surface area (Å²) < 4.78 is 5.45. The maximum absolute atomic E-state index is 11.4. The van der Waals surface area contributed by atoms with E-state index in [1.54, 1.807) is 0 Å². The zero-order valence-electron chi connectivity index (χ0n) is 13.1. The van der Waals surface area contributed by atoms with Gasteiger partial charge in [0.05, 0.1) is 19.1 Å². The van der Waals surface area contributed by atoms with E-state index in [-0.39, 0.29) is 12.0 Å². The van der Waals surface area contributed by atoms with Crippen LogP contribution in [0.2, 0.25) is 0 Å². The quantitative estimate of drug-likeness (QED) is 0.806. The molecule has 0 aromatic heterocycles. The van der Waals surface area contributed by atoms with Gasteiger partial charge in [-0.3, -0.25) is 9.69 Å². The molecule has 1 saturated heterocycles. The summed E-state index contributed by atoms with van der Waals surface area (Å²) in [5, 5.41) is 9.36. The number of rotatable bonds is 4. The van der Waals surface area contributed by atoms with Crippen LogP contribution in [0.3, 0.4) is 0 Å². The fourth-order valence-electron chi connectivity index (χ4n) is 3.84. The molecule has 4 heteroatoms. The van der Waals surface area contributed by atoms with Crippen molar-refractivity contribution >= 4 is 5.97 Å². The van der Waals surface area contributed by atoms with Gasteiger partial charge in [-0.2, -0.15) is 0 Å². The van der Waals surface area contributed by atoms with Crippen molar-refractivity contribution in [2.45, 2.75) is 65.0 Å². The second kappa shape index (κ2) is 6.44. The van der Waals surface area contributed by atoms with Gasteiger partial charge in [0.1, 0.15) is 0 Å². The number of hydrogen-bond donors (Lipinski definition) is 1. The minimum absolute atomic E-state index is 0.0590. The zero-order valence-corrected chi connectivity index (χ0v) is 13.1. The summed E-state index contributed by atoms with van der Waals surface area (Å²) in [7, 11) is 0. The van der Waals surface area contributed by atoms with Gasteiger partial charge in [-0.05, 0) is 37.6 Å². The summed E-state index contributed by atoms with van der Waals surface area (Å²) in [5.74, 6) is -1.06. The maximum atomic E-state index is 11.4. The molecule has 0 aromatic carbocycles. The number of likely N-dealkylation sites (N-methyl/N-ethyl adjacent to an activating group) is 1. The Balaban J connectivity index is 2.05. The van der Waals surface area contributed by atoms with Crippen molar-refractivity contribution in [3.05, 3.63) is 0 Å². The van der Waals surface area contributed by atoms with Crippen LogP contribution in [-0.2, 0) is 9.53 Å². The summed E-state index contributed by atoms with van der Waals surface area (Å²) in [6.07, 6.45) is 6.15. The number of aliphatic carboxylic acids is 1. The molecule has 0 aromatic rings. The normalized spacial score (nSPS) is 34.1. The molecule has 4 nitrogen and oxygen atoms in total. The monoisotopic (exact) mass is 283 g/mol. The van der Waals surface area contributed by atoms with E-state index in [0.717, 1.165) is 6.54 Å². The molecule has 20 heavy (non-hydrogen) atoms. The Morgan fingerprint density at radius 2 is 2.05 bits per heavy atom. The lowest BCUT2D eigenvalue weighted by atomic mass is 9.85. The molecule has 116 valence electrons. The Bertz CT molecular complexity index is 343. The highest BCUT2D eigenvalue weighted by Crippen LogP contribution is 2.36. The molecule has 1 N–H and O–H groups in total. The lowest BCUT2D eigenvalue weighted by molar-refractivity contribution is -0.143. The molecule has 2 fully saturated rings. The van der Waals surface area contributed by atoms with Gasteiger partial charge in [-0.15, -0.1) is 0 Å². The fraction of sp³-hybridized carbons (Fsp3) is 0.938. The Morgan fingerprint density at radius 1 is 1.30 bits per heavy atom. The molecular weight excluding hydrogens is 254 g/mol. The van der Waals surface area contributed by atoms with Gasteiger partial charge in [0.15, 0.2) is 0 Å². The topological polar surface area (TPSA) is 49.8 Å². The van der Waals surface area contributed by atoms with Crippen molar-refractivity contribution in [3.63, 3.8) is 0 Å². The number of nitrogens with zero attached hydrogens (tertiary/aromatic N) is 1. The van der Waals surface area contributed by atoms with Crippen molar-refractivity contribution in [1.82, 2.24) is 4.90 Å². The van der Waals surface area contributed by atoms with Gasteiger partial charge in [-0.1, -0.05) is 27.2 Å². The average Bonchev–Trinajstić information content (AvgIpc) is 2.78. The van der Waals surface area contributed by atoms with Gasteiger partial charge < -0.3 is 9.84 Å². The Morgan fingerprint density at radius 3 is 2.70 bits per heavy atom. The standard InChI is InChI=1S/C16H29NO3/c1-4-17(14-11-20-10-13(14)15(18)19)12-6-5-8-16(2,3)9-7-12/h12-14H,4-11H2,1-3H3,(H,18,19). The van der Waals surface area contributed by atoms with Gasteiger partial charge in [0, 0.05) is 12.1 Å². The molecule has 1 heterocycles. The molecule has 0 bridgehead atoms. The number of carboxylic acids is 1. The van der Waals surface area contributed by atoms with Crippen LogP contribution in [0.25, 0.3) is 0 Å². The first-order valence-electron chi connectivity index (χ1n) is 8.01. The number of carboxylic acid groups (broad SMARTS) is 1. The predicted molar refractivity (Wildman–Crippen MR) is 78.8 cm³/mol. The summed E-state index contributed by atoms with van der Waals surface area (Å²) in [6, 6.07) is 0.582. The average molecular weight is 283 g/mol. The molecule has 0 spiro atoms. The molecule has 3 unspecified atom stereocenters. The van der Waals surface area contributed by atoms with E-state index in [1.807, 2.05) is 0 Å². The summed E-state index contributed by atoms with van der Waals surface area (Å²) in [4.78, 5) is 13.8. The molecule has 0 radical (unpaired) electrons. The minimum atomic E-state index is -0.708. The predicted octanol–water partition coefficient (Wildman–Crippen LogP) is 2.77. The Kier molecular flexibility index (Phi) is 5.08. The highest BCUT2D eigenvalue weighted by Gasteiger charge is 2.40. The summed E-state index contributed by atoms with van der Waals surface area (Å²) >= 11 is 0. The third kappa shape index (κ3) is 3.53. The van der Waals surface area contributed by atoms with E-state index >= 15 is 0 Å². The van der Waals surface area contributed by atoms with Crippen molar-refractivity contribution in [2.75, 3.05) is 19.8 Å². The molecule has 2 aliphatic rings. The second-order valence-corrected chi connectivity index (χ2v) is 7.13. The van der Waals surface area contributed by atoms with E-state index in [1.165, 1.54) is 32.1 Å². The largest absolute Gasteiger partial charge is 0.481 e. The van der Waals surface area contributed by atoms with E-state index in [9.17, 15) is 9.90 Å². The van der Waals surface area contributed by atoms with Crippen molar-refractivity contribution in [3.8, 4) is 0 Å². The van der Waals surface area contributed by atoms with E-state index in [4.69, 9.17) is 4.74 Å². The number of ether oxygens (including phenoxy) is 1. The van der Waals surface area contributed by atoms with Crippen molar-refractivity contribution in [1.29, 1.82) is 0 Å². The lowest BCUT2D eigenvalue weighted by Gasteiger charge is -2.36. The number of hydrogen-bond acceptors (Lipinski definition) is 3. The molecule has 2 rings (SSSR count). The Hall–Kier alpha value is -0.610. The van der Waals surface area contributed by atoms with Gasteiger partial charge in [-0.25, -0.2) is 0 Å². The van der Waals surface area contributed by atoms with E-state index in [0.29, 0.717) is 24.7 Å². The van der Waals surface area contributed by atoms with Crippen molar-refractivity contribution in [2.24, 2.45) is 11.3 Å². The molecule has 1 aliphatic heterocycles. The van der Waals surface area contributed by atoms with Crippen LogP contribution in [0.1, 0.15) is 52.9 Å². The molecule has 1 saturated carbocycles. The van der Waals surface area contributed by atoms with E-state index in [2.05, 4.69) is 25.7 Å². The maximum Gasteiger partial charge on any atom is 0.310 e.